The van der Waals surface area contributed by atoms with E-state index in [2.05, 4.69) is 4.98 Å². The minimum absolute atomic E-state index is 0.122. The zero-order valence-electron chi connectivity index (χ0n) is 9.74. The molecule has 94 valence electrons. The molecule has 1 aromatic carbocycles. The number of H-pyrrole nitrogens is 1. The molecule has 0 bridgehead atoms. The van der Waals surface area contributed by atoms with Crippen molar-refractivity contribution in [3.05, 3.63) is 46.0 Å². The minimum atomic E-state index is -0.964. The molecule has 0 fully saturated rings. The summed E-state index contributed by atoms with van der Waals surface area (Å²) in [6.45, 7) is 1.53. The van der Waals surface area contributed by atoms with Crippen LogP contribution in [0.2, 0.25) is 0 Å². The molecule has 2 N–H and O–H groups in total. The van der Waals surface area contributed by atoms with Crippen LogP contribution in [0.5, 0.6) is 0 Å². The van der Waals surface area contributed by atoms with Crippen LogP contribution in [0, 0.1) is 11.7 Å². The second-order valence-electron chi connectivity index (χ2n) is 4.30. The third-order valence-electron chi connectivity index (χ3n) is 2.83. The summed E-state index contributed by atoms with van der Waals surface area (Å²) in [6.07, 6.45) is 0.122. The molecule has 1 heterocycles. The van der Waals surface area contributed by atoms with Gasteiger partial charge in [-0.3, -0.25) is 9.59 Å². The number of pyridine rings is 1. The lowest BCUT2D eigenvalue weighted by atomic mass is 10.0. The average Bonchev–Trinajstić information content (AvgIpc) is 2.30. The summed E-state index contributed by atoms with van der Waals surface area (Å²) in [5, 5.41) is 9.38. The van der Waals surface area contributed by atoms with Crippen LogP contribution in [0.3, 0.4) is 0 Å². The van der Waals surface area contributed by atoms with Gasteiger partial charge in [-0.2, -0.15) is 0 Å². The number of fused-ring (bicyclic) bond motifs is 1. The summed E-state index contributed by atoms with van der Waals surface area (Å²) in [5.74, 6) is -2.02. The van der Waals surface area contributed by atoms with E-state index in [0.717, 1.165) is 0 Å². The molecule has 0 aliphatic carbocycles. The molecule has 0 aliphatic rings. The van der Waals surface area contributed by atoms with E-state index in [9.17, 15) is 14.0 Å². The topological polar surface area (TPSA) is 70.2 Å². The minimum Gasteiger partial charge on any atom is -0.481 e. The largest absolute Gasteiger partial charge is 0.481 e. The Kier molecular flexibility index (Phi) is 3.14. The molecule has 0 aliphatic heterocycles. The van der Waals surface area contributed by atoms with Crippen molar-refractivity contribution in [1.82, 2.24) is 4.98 Å². The first-order chi connectivity index (χ1) is 8.47. The maximum absolute atomic E-state index is 13.1. The van der Waals surface area contributed by atoms with E-state index in [1.807, 2.05) is 0 Å². The molecule has 5 heteroatoms. The molecular formula is C13H12FNO3. The number of benzene rings is 1. The van der Waals surface area contributed by atoms with Crippen molar-refractivity contribution in [3.63, 3.8) is 0 Å². The number of carbonyl (C=O) groups is 1. The maximum Gasteiger partial charge on any atom is 0.306 e. The molecule has 18 heavy (non-hydrogen) atoms. The van der Waals surface area contributed by atoms with Gasteiger partial charge in [-0.05, 0) is 30.7 Å². The van der Waals surface area contributed by atoms with Gasteiger partial charge in [0.25, 0.3) is 5.56 Å². The van der Waals surface area contributed by atoms with Crippen LogP contribution < -0.4 is 5.56 Å². The molecule has 1 aromatic heterocycles. The van der Waals surface area contributed by atoms with Gasteiger partial charge < -0.3 is 10.1 Å². The molecule has 0 spiro atoms. The average molecular weight is 249 g/mol. The van der Waals surface area contributed by atoms with E-state index in [0.29, 0.717) is 16.5 Å². The van der Waals surface area contributed by atoms with Crippen LogP contribution in [0.25, 0.3) is 10.9 Å². The molecule has 2 aromatic rings. The van der Waals surface area contributed by atoms with E-state index < -0.39 is 17.7 Å². The van der Waals surface area contributed by atoms with E-state index >= 15 is 0 Å². The van der Waals surface area contributed by atoms with E-state index in [1.165, 1.54) is 31.2 Å². The van der Waals surface area contributed by atoms with Crippen LogP contribution >= 0.6 is 0 Å². The normalized spacial score (nSPS) is 12.6. The Labute approximate surface area is 102 Å². The Morgan fingerprint density at radius 2 is 2.17 bits per heavy atom. The third kappa shape index (κ3) is 2.40. The zero-order valence-corrected chi connectivity index (χ0v) is 9.74. The Balaban J connectivity index is 2.48. The summed E-state index contributed by atoms with van der Waals surface area (Å²) in [6, 6.07) is 5.59. The number of rotatable bonds is 3. The predicted octanol–water partition coefficient (Wildman–Crippen LogP) is 1.93. The summed E-state index contributed by atoms with van der Waals surface area (Å²) >= 11 is 0. The SMILES string of the molecule is CC(Cc1cc2cc(F)ccc2[nH]c1=O)C(=O)O. The van der Waals surface area contributed by atoms with Crippen molar-refractivity contribution >= 4 is 16.9 Å². The van der Waals surface area contributed by atoms with Gasteiger partial charge in [-0.1, -0.05) is 6.92 Å². The van der Waals surface area contributed by atoms with E-state index in [1.54, 1.807) is 0 Å². The van der Waals surface area contributed by atoms with E-state index in [4.69, 9.17) is 5.11 Å². The summed E-state index contributed by atoms with van der Waals surface area (Å²) < 4.78 is 13.1. The quantitative estimate of drug-likeness (QED) is 0.873. The van der Waals surface area contributed by atoms with Crippen molar-refractivity contribution in [1.29, 1.82) is 0 Å². The second kappa shape index (κ2) is 4.60. The van der Waals surface area contributed by atoms with Gasteiger partial charge in [0, 0.05) is 16.5 Å². The maximum atomic E-state index is 13.1. The first-order valence-corrected chi connectivity index (χ1v) is 5.51. The number of halogens is 1. The highest BCUT2D eigenvalue weighted by Crippen LogP contribution is 2.14. The van der Waals surface area contributed by atoms with Gasteiger partial charge in [0.15, 0.2) is 0 Å². The predicted molar refractivity (Wildman–Crippen MR) is 65.0 cm³/mol. The third-order valence-corrected chi connectivity index (χ3v) is 2.83. The molecule has 4 nitrogen and oxygen atoms in total. The Morgan fingerprint density at radius 3 is 2.83 bits per heavy atom. The van der Waals surface area contributed by atoms with Crippen LogP contribution in [0.1, 0.15) is 12.5 Å². The number of aliphatic carboxylic acids is 1. The smallest absolute Gasteiger partial charge is 0.306 e. The lowest BCUT2D eigenvalue weighted by molar-refractivity contribution is -0.141. The number of nitrogens with one attached hydrogen (secondary N) is 1. The van der Waals surface area contributed by atoms with Crippen molar-refractivity contribution < 1.29 is 14.3 Å². The summed E-state index contributed by atoms with van der Waals surface area (Å²) in [4.78, 5) is 25.1. The molecule has 1 unspecified atom stereocenters. The van der Waals surface area contributed by atoms with Crippen molar-refractivity contribution in [3.8, 4) is 0 Å². The summed E-state index contributed by atoms with van der Waals surface area (Å²) in [7, 11) is 0. The number of hydrogen-bond acceptors (Lipinski definition) is 2. The number of aromatic amines is 1. The fourth-order valence-corrected chi connectivity index (χ4v) is 1.79. The number of hydrogen-bond donors (Lipinski definition) is 2. The fourth-order valence-electron chi connectivity index (χ4n) is 1.79. The molecule has 1 atom stereocenters. The molecule has 2 rings (SSSR count). The standard InChI is InChI=1S/C13H12FNO3/c1-7(13(17)18)4-9-5-8-6-10(14)2-3-11(8)15-12(9)16/h2-3,5-7H,4H2,1H3,(H,15,16)(H,17,18). The number of carboxylic acids is 1. The van der Waals surface area contributed by atoms with Gasteiger partial charge >= 0.3 is 5.97 Å². The van der Waals surface area contributed by atoms with E-state index in [-0.39, 0.29) is 12.0 Å². The van der Waals surface area contributed by atoms with Gasteiger partial charge in [-0.15, -0.1) is 0 Å². The van der Waals surface area contributed by atoms with Crippen LogP contribution in [-0.2, 0) is 11.2 Å². The molecular weight excluding hydrogens is 237 g/mol. The lowest BCUT2D eigenvalue weighted by Gasteiger charge is -2.06. The van der Waals surface area contributed by atoms with Crippen LogP contribution in [-0.4, -0.2) is 16.1 Å². The van der Waals surface area contributed by atoms with Crippen molar-refractivity contribution in [2.75, 3.05) is 0 Å². The fraction of sp³-hybridized carbons (Fsp3) is 0.231. The Morgan fingerprint density at radius 1 is 1.44 bits per heavy atom. The van der Waals surface area contributed by atoms with Gasteiger partial charge in [0.05, 0.1) is 5.92 Å². The summed E-state index contributed by atoms with van der Waals surface area (Å²) in [5.41, 5.74) is 0.554. The molecule has 0 radical (unpaired) electrons. The van der Waals surface area contributed by atoms with Gasteiger partial charge in [-0.25, -0.2) is 4.39 Å². The molecule has 0 amide bonds. The highest BCUT2D eigenvalue weighted by atomic mass is 19.1. The van der Waals surface area contributed by atoms with Gasteiger partial charge in [0.2, 0.25) is 0 Å². The Hall–Kier alpha value is -2.17. The van der Waals surface area contributed by atoms with Crippen LogP contribution in [0.4, 0.5) is 4.39 Å². The molecule has 0 saturated carbocycles. The van der Waals surface area contributed by atoms with Crippen LogP contribution in [0.15, 0.2) is 29.1 Å². The second-order valence-corrected chi connectivity index (χ2v) is 4.30. The van der Waals surface area contributed by atoms with Crippen molar-refractivity contribution in [2.24, 2.45) is 5.92 Å². The highest BCUT2D eigenvalue weighted by molar-refractivity contribution is 5.79. The number of carboxylic acid groups (broad SMARTS) is 1. The Bertz CT molecular complexity index is 663. The highest BCUT2D eigenvalue weighted by Gasteiger charge is 2.14. The first-order valence-electron chi connectivity index (χ1n) is 5.51. The zero-order chi connectivity index (χ0) is 13.3. The van der Waals surface area contributed by atoms with Crippen molar-refractivity contribution in [2.45, 2.75) is 13.3 Å². The lowest BCUT2D eigenvalue weighted by Crippen LogP contribution is -2.19. The monoisotopic (exact) mass is 249 g/mol. The molecule has 0 saturated heterocycles. The van der Waals surface area contributed by atoms with Gasteiger partial charge in [0.1, 0.15) is 5.82 Å². The first kappa shape index (κ1) is 12.3. The number of aromatic nitrogens is 1.